The Bertz CT molecular complexity index is 584. The molecule has 94 valence electrons. The third-order valence-electron chi connectivity index (χ3n) is 3.28. The van der Waals surface area contributed by atoms with Crippen LogP contribution in [0.15, 0.2) is 30.2 Å². The lowest BCUT2D eigenvalue weighted by Gasteiger charge is -2.14. The van der Waals surface area contributed by atoms with Crippen LogP contribution in [0.2, 0.25) is 0 Å². The summed E-state index contributed by atoms with van der Waals surface area (Å²) in [5, 5.41) is 6.70. The average molecular weight is 243 g/mol. The van der Waals surface area contributed by atoms with Crippen molar-refractivity contribution >= 4 is 16.9 Å². The van der Waals surface area contributed by atoms with Gasteiger partial charge in [0.2, 0.25) is 0 Å². The molecule has 0 saturated heterocycles. The minimum Gasteiger partial charge on any atom is -0.364 e. The second-order valence-corrected chi connectivity index (χ2v) is 4.55. The van der Waals surface area contributed by atoms with Crippen LogP contribution in [0.4, 0.5) is 5.82 Å². The van der Waals surface area contributed by atoms with Crippen molar-refractivity contribution in [3.63, 3.8) is 0 Å². The highest BCUT2D eigenvalue weighted by Crippen LogP contribution is 2.19. The van der Waals surface area contributed by atoms with Gasteiger partial charge in [0, 0.05) is 26.3 Å². The Labute approximate surface area is 106 Å². The normalized spacial score (nSPS) is 15.7. The highest BCUT2D eigenvalue weighted by molar-refractivity contribution is 5.85. The van der Waals surface area contributed by atoms with Crippen molar-refractivity contribution in [3.05, 3.63) is 30.2 Å². The van der Waals surface area contributed by atoms with E-state index in [0.717, 1.165) is 42.9 Å². The van der Waals surface area contributed by atoms with Crippen molar-refractivity contribution in [3.8, 4) is 0 Å². The Kier molecular flexibility index (Phi) is 2.98. The molecular weight excluding hydrogens is 226 g/mol. The first-order valence-electron chi connectivity index (χ1n) is 6.23. The molecule has 3 rings (SSSR count). The maximum Gasteiger partial charge on any atom is 0.154 e. The molecule has 2 aromatic heterocycles. The highest BCUT2D eigenvalue weighted by atomic mass is 15.1. The summed E-state index contributed by atoms with van der Waals surface area (Å²) in [7, 11) is 1.99. The van der Waals surface area contributed by atoms with Crippen molar-refractivity contribution in [2.24, 2.45) is 7.05 Å². The van der Waals surface area contributed by atoms with E-state index in [1.54, 1.807) is 0 Å². The van der Waals surface area contributed by atoms with Gasteiger partial charge in [-0.3, -0.25) is 0 Å². The molecule has 0 aromatic carbocycles. The van der Waals surface area contributed by atoms with Crippen LogP contribution >= 0.6 is 0 Å². The minimum absolute atomic E-state index is 0.852. The van der Waals surface area contributed by atoms with Gasteiger partial charge < -0.3 is 15.2 Å². The van der Waals surface area contributed by atoms with Crippen molar-refractivity contribution in [1.82, 2.24) is 19.9 Å². The lowest BCUT2D eigenvalue weighted by atomic mass is 10.1. The molecule has 1 aliphatic rings. The van der Waals surface area contributed by atoms with Crippen molar-refractivity contribution in [1.29, 1.82) is 0 Å². The zero-order chi connectivity index (χ0) is 12.4. The van der Waals surface area contributed by atoms with Crippen LogP contribution in [0.5, 0.6) is 0 Å². The van der Waals surface area contributed by atoms with Crippen molar-refractivity contribution in [2.45, 2.75) is 6.42 Å². The molecule has 3 heterocycles. The first-order chi connectivity index (χ1) is 8.84. The lowest BCUT2D eigenvalue weighted by Crippen LogP contribution is -2.23. The Balaban J connectivity index is 1.80. The fourth-order valence-electron chi connectivity index (χ4n) is 2.22. The number of hydrogen-bond acceptors (Lipinski definition) is 4. The Morgan fingerprint density at radius 1 is 1.44 bits per heavy atom. The second kappa shape index (κ2) is 4.78. The van der Waals surface area contributed by atoms with E-state index in [4.69, 9.17) is 0 Å². The highest BCUT2D eigenvalue weighted by Gasteiger charge is 2.08. The van der Waals surface area contributed by atoms with Crippen LogP contribution in [0.3, 0.4) is 0 Å². The number of hydrogen-bond donors (Lipinski definition) is 2. The molecule has 5 heteroatoms. The molecule has 0 saturated carbocycles. The number of aromatic nitrogens is 3. The Hall–Kier alpha value is -1.88. The largest absolute Gasteiger partial charge is 0.364 e. The van der Waals surface area contributed by atoms with Gasteiger partial charge in [-0.15, -0.1) is 0 Å². The standard InChI is InChI=1S/C13H17N5/c1-18-9-17-12-11(18)4-7-15-13(12)16-8-10-2-5-14-6-3-10/h2,4,7,9,14H,3,5-6,8H2,1H3,(H,15,16). The topological polar surface area (TPSA) is 54.8 Å². The van der Waals surface area contributed by atoms with Gasteiger partial charge in [-0.25, -0.2) is 9.97 Å². The maximum atomic E-state index is 4.39. The van der Waals surface area contributed by atoms with Crippen molar-refractivity contribution in [2.75, 3.05) is 25.0 Å². The second-order valence-electron chi connectivity index (χ2n) is 4.55. The van der Waals surface area contributed by atoms with Crippen LogP contribution in [-0.4, -0.2) is 34.2 Å². The van der Waals surface area contributed by atoms with Gasteiger partial charge in [0.25, 0.3) is 0 Å². The molecule has 0 aliphatic carbocycles. The molecule has 2 N–H and O–H groups in total. The van der Waals surface area contributed by atoms with E-state index in [1.165, 1.54) is 5.57 Å². The molecule has 18 heavy (non-hydrogen) atoms. The molecule has 0 atom stereocenters. The summed E-state index contributed by atoms with van der Waals surface area (Å²) in [6.45, 7) is 2.89. The summed E-state index contributed by atoms with van der Waals surface area (Å²) >= 11 is 0. The number of imidazole rings is 1. The molecule has 2 aromatic rings. The van der Waals surface area contributed by atoms with E-state index in [1.807, 2.05) is 30.2 Å². The number of aryl methyl sites for hydroxylation is 1. The van der Waals surface area contributed by atoms with E-state index in [0.29, 0.717) is 0 Å². The quantitative estimate of drug-likeness (QED) is 0.798. The zero-order valence-electron chi connectivity index (χ0n) is 10.5. The SMILES string of the molecule is Cn1cnc2c(NCC3=CCNCC3)nccc21. The zero-order valence-corrected chi connectivity index (χ0v) is 10.5. The van der Waals surface area contributed by atoms with E-state index in [-0.39, 0.29) is 0 Å². The average Bonchev–Trinajstić information content (AvgIpc) is 2.80. The third kappa shape index (κ3) is 2.09. The number of fused-ring (bicyclic) bond motifs is 1. The van der Waals surface area contributed by atoms with Crippen LogP contribution in [0.1, 0.15) is 6.42 Å². The summed E-state index contributed by atoms with van der Waals surface area (Å²) < 4.78 is 2.01. The predicted molar refractivity (Wildman–Crippen MR) is 72.6 cm³/mol. The van der Waals surface area contributed by atoms with E-state index >= 15 is 0 Å². The number of pyridine rings is 1. The smallest absolute Gasteiger partial charge is 0.154 e. The lowest BCUT2D eigenvalue weighted by molar-refractivity contribution is 0.698. The fraction of sp³-hybridized carbons (Fsp3) is 0.385. The summed E-state index contributed by atoms with van der Waals surface area (Å²) in [5.74, 6) is 0.868. The molecule has 0 radical (unpaired) electrons. The predicted octanol–water partition coefficient (Wildman–Crippen LogP) is 1.30. The van der Waals surface area contributed by atoms with Gasteiger partial charge in [0.05, 0.1) is 11.8 Å². The maximum absolute atomic E-state index is 4.39. The summed E-state index contributed by atoms with van der Waals surface area (Å²) in [6.07, 6.45) is 6.99. The van der Waals surface area contributed by atoms with E-state index in [2.05, 4.69) is 26.7 Å². The number of nitrogens with one attached hydrogen (secondary N) is 2. The molecule has 0 unspecified atom stereocenters. The summed E-state index contributed by atoms with van der Waals surface area (Å²) in [6, 6.07) is 1.98. The third-order valence-corrected chi connectivity index (χ3v) is 3.28. The van der Waals surface area contributed by atoms with Gasteiger partial charge in [-0.2, -0.15) is 0 Å². The summed E-state index contributed by atoms with van der Waals surface area (Å²) in [5.41, 5.74) is 3.48. The Morgan fingerprint density at radius 2 is 2.39 bits per heavy atom. The van der Waals surface area contributed by atoms with Crippen LogP contribution in [-0.2, 0) is 7.05 Å². The molecule has 0 spiro atoms. The fourth-order valence-corrected chi connectivity index (χ4v) is 2.22. The van der Waals surface area contributed by atoms with Crippen LogP contribution in [0, 0.1) is 0 Å². The molecule has 0 bridgehead atoms. The first-order valence-corrected chi connectivity index (χ1v) is 6.23. The Morgan fingerprint density at radius 3 is 3.22 bits per heavy atom. The number of nitrogens with zero attached hydrogens (tertiary/aromatic N) is 3. The van der Waals surface area contributed by atoms with Crippen LogP contribution in [0.25, 0.3) is 11.0 Å². The molecule has 0 fully saturated rings. The molecule has 1 aliphatic heterocycles. The van der Waals surface area contributed by atoms with Gasteiger partial charge >= 0.3 is 0 Å². The van der Waals surface area contributed by atoms with Crippen molar-refractivity contribution < 1.29 is 0 Å². The monoisotopic (exact) mass is 243 g/mol. The van der Waals surface area contributed by atoms with Gasteiger partial charge in [0.1, 0.15) is 5.52 Å². The molecule has 5 nitrogen and oxygen atoms in total. The first kappa shape index (κ1) is 11.2. The minimum atomic E-state index is 0.852. The van der Waals surface area contributed by atoms with Gasteiger partial charge in [0.15, 0.2) is 5.82 Å². The number of anilines is 1. The molecule has 0 amide bonds. The van der Waals surface area contributed by atoms with Gasteiger partial charge in [-0.05, 0) is 19.0 Å². The number of rotatable bonds is 3. The molecular formula is C13H17N5. The van der Waals surface area contributed by atoms with Gasteiger partial charge in [-0.1, -0.05) is 11.6 Å². The van der Waals surface area contributed by atoms with Crippen LogP contribution < -0.4 is 10.6 Å². The summed E-state index contributed by atoms with van der Waals surface area (Å²) in [4.78, 5) is 8.76. The van der Waals surface area contributed by atoms with E-state index < -0.39 is 0 Å². The van der Waals surface area contributed by atoms with E-state index in [9.17, 15) is 0 Å².